The highest BCUT2D eigenvalue weighted by Gasteiger charge is 2.21. The highest BCUT2D eigenvalue weighted by atomic mass is 16.6. The molecular formula is C28H34N4O13. The molecule has 17 heteroatoms. The summed E-state index contributed by atoms with van der Waals surface area (Å²) in [6, 6.07) is 8.33. The van der Waals surface area contributed by atoms with Crippen LogP contribution in [0.2, 0.25) is 0 Å². The van der Waals surface area contributed by atoms with Crippen molar-refractivity contribution in [2.75, 3.05) is 93.5 Å². The molecule has 0 spiro atoms. The van der Waals surface area contributed by atoms with Gasteiger partial charge in [0.05, 0.1) is 74.8 Å². The Labute approximate surface area is 258 Å². The van der Waals surface area contributed by atoms with E-state index in [4.69, 9.17) is 42.6 Å². The molecule has 2 aromatic carbocycles. The molecule has 0 heterocycles. The largest absolute Gasteiger partial charge is 0.487 e. The summed E-state index contributed by atoms with van der Waals surface area (Å²) in [5, 5.41) is 41.0. The Morgan fingerprint density at radius 1 is 0.533 bits per heavy atom. The highest BCUT2D eigenvalue weighted by molar-refractivity contribution is 5.59. The second-order valence-electron chi connectivity index (χ2n) is 8.59. The summed E-state index contributed by atoms with van der Waals surface area (Å²) < 4.78 is 48.5. The van der Waals surface area contributed by atoms with Crippen molar-refractivity contribution in [2.24, 2.45) is 0 Å². The molecule has 0 atom stereocenters. The van der Waals surface area contributed by atoms with Crippen molar-refractivity contribution >= 4 is 11.4 Å². The number of hydrogen-bond acceptors (Lipinski definition) is 15. The second kappa shape index (κ2) is 21.0. The van der Waals surface area contributed by atoms with E-state index in [0.29, 0.717) is 0 Å². The van der Waals surface area contributed by atoms with E-state index in [2.05, 4.69) is 0 Å². The van der Waals surface area contributed by atoms with Crippen LogP contribution in [0.5, 0.6) is 23.0 Å². The number of hydrogen-bond donors (Lipinski definition) is 0. The average Bonchev–Trinajstić information content (AvgIpc) is 3.03. The molecule has 2 rings (SSSR count). The number of nitro benzene ring substituents is 2. The molecule has 0 saturated heterocycles. The highest BCUT2D eigenvalue weighted by Crippen LogP contribution is 2.35. The predicted molar refractivity (Wildman–Crippen MR) is 154 cm³/mol. The van der Waals surface area contributed by atoms with E-state index in [1.165, 1.54) is 26.4 Å². The van der Waals surface area contributed by atoms with Crippen molar-refractivity contribution in [3.8, 4) is 35.1 Å². The Hall–Kier alpha value is -4.78. The number of nitriles is 2. The van der Waals surface area contributed by atoms with Crippen LogP contribution in [0, 0.1) is 42.9 Å². The Morgan fingerprint density at radius 3 is 1.11 bits per heavy atom. The topological polar surface area (TPSA) is 217 Å². The molecule has 17 nitrogen and oxygen atoms in total. The van der Waals surface area contributed by atoms with E-state index >= 15 is 0 Å². The summed E-state index contributed by atoms with van der Waals surface area (Å²) in [6.45, 7) is 2.39. The maximum atomic E-state index is 11.3. The van der Waals surface area contributed by atoms with Gasteiger partial charge in [-0.2, -0.15) is 10.5 Å². The maximum Gasteiger partial charge on any atom is 0.291 e. The lowest BCUT2D eigenvalue weighted by molar-refractivity contribution is -0.385. The van der Waals surface area contributed by atoms with Gasteiger partial charge in [0.2, 0.25) is 0 Å². The van der Waals surface area contributed by atoms with Gasteiger partial charge in [-0.15, -0.1) is 0 Å². The molecule has 0 amide bonds. The van der Waals surface area contributed by atoms with Gasteiger partial charge in [0.25, 0.3) is 11.4 Å². The number of methoxy groups -OCH3 is 2. The van der Waals surface area contributed by atoms with Crippen molar-refractivity contribution < 1.29 is 52.5 Å². The molecule has 0 aliphatic heterocycles. The van der Waals surface area contributed by atoms with Gasteiger partial charge in [-0.1, -0.05) is 0 Å². The van der Waals surface area contributed by atoms with Crippen LogP contribution in [0.25, 0.3) is 0 Å². The number of ether oxygens (including phenoxy) is 9. The third kappa shape index (κ3) is 12.8. The molecule has 244 valence electrons. The summed E-state index contributed by atoms with van der Waals surface area (Å²) >= 11 is 0. The summed E-state index contributed by atoms with van der Waals surface area (Å²) in [6.07, 6.45) is 0. The quantitative estimate of drug-likeness (QED) is 0.0921. The van der Waals surface area contributed by atoms with Gasteiger partial charge in [-0.3, -0.25) is 20.2 Å². The average molecular weight is 635 g/mol. The SMILES string of the molecule is COCCOc1cc([N+](=O)[O-])c(C#N)cc1OCCOCCOCCOCCOc1cc([N+](=O)[O-])c(C#N)cc1OCCOC. The normalized spacial score (nSPS) is 10.5. The van der Waals surface area contributed by atoms with Crippen LogP contribution >= 0.6 is 0 Å². The van der Waals surface area contributed by atoms with E-state index in [1.54, 1.807) is 12.1 Å². The van der Waals surface area contributed by atoms with Crippen LogP contribution in [0.1, 0.15) is 11.1 Å². The summed E-state index contributed by atoms with van der Waals surface area (Å²) in [7, 11) is 2.99. The first kappa shape index (κ1) is 36.4. The third-order valence-corrected chi connectivity index (χ3v) is 5.56. The lowest BCUT2D eigenvalue weighted by atomic mass is 10.1. The lowest BCUT2D eigenvalue weighted by Crippen LogP contribution is -2.15. The third-order valence-electron chi connectivity index (χ3n) is 5.56. The van der Waals surface area contributed by atoms with E-state index < -0.39 is 21.2 Å². The van der Waals surface area contributed by atoms with E-state index in [1.807, 2.05) is 0 Å². The standard InChI is InChI=1S/C28H34N4O13/c1-37-3-11-42-25-15-21(19-29)24(32(35)36)18-28(25)45-14-10-41-8-6-39-5-7-40-9-13-44-26-16-22(20-30)23(31(33)34)17-27(26)43-12-4-38-2/h15-18H,3-14H2,1-2H3. The first-order valence-corrected chi connectivity index (χ1v) is 13.5. The zero-order valence-electron chi connectivity index (χ0n) is 24.9. The minimum Gasteiger partial charge on any atom is -0.487 e. The maximum absolute atomic E-state index is 11.3. The first-order chi connectivity index (χ1) is 21.9. The molecule has 0 bridgehead atoms. The van der Waals surface area contributed by atoms with Crippen LogP contribution in [-0.2, 0) is 23.7 Å². The smallest absolute Gasteiger partial charge is 0.291 e. The zero-order chi connectivity index (χ0) is 32.9. The Balaban J connectivity index is 1.66. The van der Waals surface area contributed by atoms with Crippen LogP contribution in [-0.4, -0.2) is 103 Å². The van der Waals surface area contributed by atoms with Crippen molar-refractivity contribution in [3.63, 3.8) is 0 Å². The fourth-order valence-corrected chi connectivity index (χ4v) is 3.46. The minimum absolute atomic E-state index is 0.0660. The van der Waals surface area contributed by atoms with Gasteiger partial charge in [-0.25, -0.2) is 0 Å². The van der Waals surface area contributed by atoms with Crippen LogP contribution in [0.4, 0.5) is 11.4 Å². The molecule has 0 saturated carbocycles. The molecule has 0 N–H and O–H groups in total. The molecule has 45 heavy (non-hydrogen) atoms. The summed E-state index contributed by atoms with van der Waals surface area (Å²) in [4.78, 5) is 21.2. The Morgan fingerprint density at radius 2 is 0.822 bits per heavy atom. The molecule has 0 radical (unpaired) electrons. The van der Waals surface area contributed by atoms with Crippen molar-refractivity contribution in [1.82, 2.24) is 0 Å². The Kier molecular flexibility index (Phi) is 17.0. The lowest BCUT2D eigenvalue weighted by Gasteiger charge is -2.14. The van der Waals surface area contributed by atoms with Gasteiger partial charge in [0, 0.05) is 26.4 Å². The molecule has 2 aromatic rings. The molecule has 0 fully saturated rings. The van der Waals surface area contributed by atoms with Crippen molar-refractivity contribution in [2.45, 2.75) is 0 Å². The van der Waals surface area contributed by atoms with Gasteiger partial charge in [0.15, 0.2) is 23.0 Å². The van der Waals surface area contributed by atoms with Gasteiger partial charge >= 0.3 is 0 Å². The molecule has 0 unspecified atom stereocenters. The van der Waals surface area contributed by atoms with E-state index in [-0.39, 0.29) is 113 Å². The number of rotatable bonds is 24. The van der Waals surface area contributed by atoms with Gasteiger partial charge in [-0.05, 0) is 0 Å². The van der Waals surface area contributed by atoms with Crippen LogP contribution in [0.3, 0.4) is 0 Å². The van der Waals surface area contributed by atoms with Crippen LogP contribution < -0.4 is 18.9 Å². The number of nitrogens with zero attached hydrogens (tertiary/aromatic N) is 4. The summed E-state index contributed by atoms with van der Waals surface area (Å²) in [5.74, 6) is 0.562. The molecular weight excluding hydrogens is 600 g/mol. The first-order valence-electron chi connectivity index (χ1n) is 13.5. The van der Waals surface area contributed by atoms with Crippen LogP contribution in [0.15, 0.2) is 24.3 Å². The van der Waals surface area contributed by atoms with Gasteiger partial charge in [0.1, 0.15) is 49.7 Å². The predicted octanol–water partition coefficient (Wildman–Crippen LogP) is 2.80. The molecule has 0 aromatic heterocycles. The van der Waals surface area contributed by atoms with Gasteiger partial charge < -0.3 is 42.6 Å². The number of benzene rings is 2. The summed E-state index contributed by atoms with van der Waals surface area (Å²) in [5.41, 5.74) is -1.10. The fourth-order valence-electron chi connectivity index (χ4n) is 3.46. The fraction of sp³-hybridized carbons (Fsp3) is 0.500. The number of nitro groups is 2. The molecule has 0 aliphatic rings. The monoisotopic (exact) mass is 634 g/mol. The van der Waals surface area contributed by atoms with E-state index in [9.17, 15) is 30.8 Å². The van der Waals surface area contributed by atoms with E-state index in [0.717, 1.165) is 12.1 Å². The second-order valence-corrected chi connectivity index (χ2v) is 8.59. The Bertz CT molecular complexity index is 1330. The van der Waals surface area contributed by atoms with Crippen molar-refractivity contribution in [1.29, 1.82) is 10.5 Å². The van der Waals surface area contributed by atoms with Crippen molar-refractivity contribution in [3.05, 3.63) is 55.6 Å². The zero-order valence-corrected chi connectivity index (χ0v) is 24.9. The minimum atomic E-state index is -0.671. The molecule has 0 aliphatic carbocycles.